The van der Waals surface area contributed by atoms with Gasteiger partial charge in [0.2, 0.25) is 0 Å². The zero-order valence-electron chi connectivity index (χ0n) is 47.8. The highest BCUT2D eigenvalue weighted by molar-refractivity contribution is 5.80. The van der Waals surface area contributed by atoms with Crippen molar-refractivity contribution in [2.75, 3.05) is 26.4 Å². The fourth-order valence-electron chi connectivity index (χ4n) is 10.8. The van der Waals surface area contributed by atoms with E-state index >= 15 is 0 Å². The van der Waals surface area contributed by atoms with Crippen LogP contribution in [-0.2, 0) is 19.1 Å². The summed E-state index contributed by atoms with van der Waals surface area (Å²) in [6.07, 6.45) is 78.7. The smallest absolute Gasteiger partial charge is 0.309 e. The monoisotopic (exact) mass is 1000 g/mol. The van der Waals surface area contributed by atoms with E-state index in [9.17, 15) is 19.8 Å². The number of carbonyl (C=O) groups is 2. The van der Waals surface area contributed by atoms with Gasteiger partial charge in [-0.15, -0.1) is 0 Å². The van der Waals surface area contributed by atoms with Crippen molar-refractivity contribution in [2.45, 2.75) is 354 Å². The highest BCUT2D eigenvalue weighted by Crippen LogP contribution is 2.25. The Kier molecular flexibility index (Phi) is 52.2. The van der Waals surface area contributed by atoms with Crippen molar-refractivity contribution < 1.29 is 29.3 Å². The number of aliphatic hydroxyl groups excluding tert-OH is 2. The lowest BCUT2D eigenvalue weighted by Gasteiger charge is -2.27. The van der Waals surface area contributed by atoms with E-state index in [1.807, 2.05) is 0 Å². The summed E-state index contributed by atoms with van der Waals surface area (Å²) in [5.74, 6) is -1.40. The third-order valence-electron chi connectivity index (χ3n) is 16.0. The Labute approximate surface area is 443 Å². The molecule has 1 unspecified atom stereocenters. The maximum atomic E-state index is 12.5. The minimum atomic E-state index is -1.12. The first-order chi connectivity index (χ1) is 35.1. The number of allylic oxidation sites excluding steroid dienone is 2. The Balaban J connectivity index is 1.68. The molecule has 71 heavy (non-hydrogen) atoms. The average Bonchev–Trinajstić information content (AvgIpc) is 3.44. The first kappa shape index (κ1) is 67.6. The molecule has 1 rings (SSSR count). The maximum absolute atomic E-state index is 12.5. The summed E-state index contributed by atoms with van der Waals surface area (Å²) in [6, 6.07) is 0. The lowest BCUT2D eigenvalue weighted by molar-refractivity contribution is -0.155. The second-order valence-corrected chi connectivity index (χ2v) is 23.1. The van der Waals surface area contributed by atoms with Gasteiger partial charge in [0.1, 0.15) is 13.2 Å². The topological polar surface area (TPSA) is 93.1 Å². The molecule has 0 aromatic heterocycles. The highest BCUT2D eigenvalue weighted by Gasteiger charge is 2.36. The fraction of sp³-hybridized carbons (Fsp3) is 0.938. The molecule has 0 aromatic rings. The molecule has 1 aliphatic rings. The first-order valence-corrected chi connectivity index (χ1v) is 32.3. The minimum absolute atomic E-state index is 0.00505. The molecule has 6 nitrogen and oxygen atoms in total. The lowest BCUT2D eigenvalue weighted by atomic mass is 9.92. The summed E-state index contributed by atoms with van der Waals surface area (Å²) < 4.78 is 10.6. The summed E-state index contributed by atoms with van der Waals surface area (Å²) >= 11 is 0. The number of cyclic esters (lactones) is 2. The van der Waals surface area contributed by atoms with Crippen molar-refractivity contribution in [2.24, 2.45) is 11.3 Å². The maximum Gasteiger partial charge on any atom is 0.309 e. The van der Waals surface area contributed by atoms with Crippen molar-refractivity contribution in [3.8, 4) is 0 Å². The Morgan fingerprint density at radius 3 is 0.873 bits per heavy atom. The van der Waals surface area contributed by atoms with Gasteiger partial charge in [0.25, 0.3) is 0 Å². The summed E-state index contributed by atoms with van der Waals surface area (Å²) in [5.41, 5.74) is -1.12. The van der Waals surface area contributed by atoms with Gasteiger partial charge in [-0.1, -0.05) is 327 Å². The molecule has 0 bridgehead atoms. The van der Waals surface area contributed by atoms with Gasteiger partial charge in [-0.3, -0.25) is 9.59 Å². The largest absolute Gasteiger partial charge is 0.465 e. The second kappa shape index (κ2) is 54.8. The standard InChI is InChI=1S/C65H124O6/c1-2-3-4-5-6-7-8-9-10-11-12-13-14-15-16-17-18-19-20-21-22-23-24-25-26-27-28-29-30-31-32-33-34-35-36-37-38-39-40-41-42-43-44-45-46-47-48-49-50-51-52-53-54-55-56-62-57-63(68)70-60-65(58-66,59-67)61-71-64(62)69/h15-16,62,66-67H,2-14,17-61H2,1H3/b16-15+. The number of ether oxygens (including phenoxy) is 2. The molecule has 0 amide bonds. The van der Waals surface area contributed by atoms with Crippen molar-refractivity contribution >= 4 is 11.9 Å². The molecule has 420 valence electrons. The minimum Gasteiger partial charge on any atom is -0.465 e. The summed E-state index contributed by atoms with van der Waals surface area (Å²) in [6.45, 7) is 1.21. The summed E-state index contributed by atoms with van der Waals surface area (Å²) in [7, 11) is 0. The Bertz CT molecular complexity index is 1120. The van der Waals surface area contributed by atoms with E-state index in [2.05, 4.69) is 19.1 Å². The molecule has 0 aromatic carbocycles. The van der Waals surface area contributed by atoms with Crippen LogP contribution < -0.4 is 0 Å². The molecule has 1 heterocycles. The van der Waals surface area contributed by atoms with Gasteiger partial charge < -0.3 is 19.7 Å². The molecule has 2 N–H and O–H groups in total. The summed E-state index contributed by atoms with van der Waals surface area (Å²) in [5, 5.41) is 19.2. The third kappa shape index (κ3) is 46.8. The van der Waals surface area contributed by atoms with Crippen molar-refractivity contribution in [3.05, 3.63) is 12.2 Å². The second-order valence-electron chi connectivity index (χ2n) is 23.1. The van der Waals surface area contributed by atoms with E-state index in [-0.39, 0.29) is 19.6 Å². The molecule has 1 fully saturated rings. The van der Waals surface area contributed by atoms with Crippen molar-refractivity contribution in [1.82, 2.24) is 0 Å². The average molecular weight is 1000 g/mol. The van der Waals surface area contributed by atoms with Gasteiger partial charge in [0.05, 0.1) is 31.0 Å². The van der Waals surface area contributed by atoms with Gasteiger partial charge in [-0.05, 0) is 32.1 Å². The van der Waals surface area contributed by atoms with Crippen LogP contribution in [0.1, 0.15) is 354 Å². The molecule has 0 saturated carbocycles. The van der Waals surface area contributed by atoms with Crippen molar-refractivity contribution in [3.63, 3.8) is 0 Å². The van der Waals surface area contributed by atoms with Crippen LogP contribution in [0.4, 0.5) is 0 Å². The molecule has 6 heteroatoms. The number of esters is 2. The predicted octanol–water partition coefficient (Wildman–Crippen LogP) is 20.3. The van der Waals surface area contributed by atoms with E-state index in [0.29, 0.717) is 6.42 Å². The van der Waals surface area contributed by atoms with Crippen LogP contribution in [0.15, 0.2) is 12.2 Å². The van der Waals surface area contributed by atoms with Crippen LogP contribution in [0.5, 0.6) is 0 Å². The van der Waals surface area contributed by atoms with E-state index in [1.54, 1.807) is 0 Å². The fourth-order valence-corrected chi connectivity index (χ4v) is 10.8. The van der Waals surface area contributed by atoms with E-state index in [1.165, 1.54) is 315 Å². The summed E-state index contributed by atoms with van der Waals surface area (Å²) in [4.78, 5) is 24.7. The number of rotatable bonds is 56. The lowest BCUT2D eigenvalue weighted by Crippen LogP contribution is -2.40. The Morgan fingerprint density at radius 1 is 0.366 bits per heavy atom. The van der Waals surface area contributed by atoms with Gasteiger partial charge in [-0.25, -0.2) is 0 Å². The molecule has 1 atom stereocenters. The normalized spacial score (nSPS) is 15.3. The van der Waals surface area contributed by atoms with Crippen LogP contribution in [-0.4, -0.2) is 48.6 Å². The van der Waals surface area contributed by atoms with Gasteiger partial charge >= 0.3 is 11.9 Å². The SMILES string of the molecule is CCCCCCCCCCCCCC/C=C/CCCCCCCCCCCCCCCCCCCCCCCCCCCCCCCCCCCCCCCCC1CC(=O)OCC(CO)(CO)COC1=O. The van der Waals surface area contributed by atoms with Gasteiger partial charge in [-0.2, -0.15) is 0 Å². The zero-order valence-corrected chi connectivity index (χ0v) is 47.8. The number of aliphatic hydroxyl groups is 2. The van der Waals surface area contributed by atoms with Gasteiger partial charge in [0.15, 0.2) is 0 Å². The Morgan fingerprint density at radius 2 is 0.606 bits per heavy atom. The van der Waals surface area contributed by atoms with Crippen LogP contribution in [0.25, 0.3) is 0 Å². The quantitative estimate of drug-likeness (QED) is 0.0358. The molecule has 1 saturated heterocycles. The molecular weight excluding hydrogens is 877 g/mol. The number of hydrogen-bond acceptors (Lipinski definition) is 6. The van der Waals surface area contributed by atoms with E-state index < -0.39 is 36.5 Å². The van der Waals surface area contributed by atoms with Gasteiger partial charge in [0, 0.05) is 0 Å². The van der Waals surface area contributed by atoms with Crippen LogP contribution in [0.2, 0.25) is 0 Å². The van der Waals surface area contributed by atoms with Crippen LogP contribution in [0, 0.1) is 11.3 Å². The number of carbonyl (C=O) groups excluding carboxylic acids is 2. The first-order valence-electron chi connectivity index (χ1n) is 32.3. The van der Waals surface area contributed by atoms with E-state index in [4.69, 9.17) is 9.47 Å². The van der Waals surface area contributed by atoms with Crippen LogP contribution in [0.3, 0.4) is 0 Å². The number of unbranched alkanes of at least 4 members (excludes halogenated alkanes) is 50. The third-order valence-corrected chi connectivity index (χ3v) is 16.0. The van der Waals surface area contributed by atoms with Crippen LogP contribution >= 0.6 is 0 Å². The highest BCUT2D eigenvalue weighted by atomic mass is 16.6. The predicted molar refractivity (Wildman–Crippen MR) is 306 cm³/mol. The van der Waals surface area contributed by atoms with Crippen molar-refractivity contribution in [1.29, 1.82) is 0 Å². The molecule has 0 radical (unpaired) electrons. The molecule has 0 aliphatic carbocycles. The number of hydrogen-bond donors (Lipinski definition) is 2. The molecular formula is C65H124O6. The zero-order chi connectivity index (χ0) is 51.1. The van der Waals surface area contributed by atoms with E-state index in [0.717, 1.165) is 19.3 Å². The molecule has 0 spiro atoms. The molecule has 1 aliphatic heterocycles. The Hall–Kier alpha value is -1.40.